The summed E-state index contributed by atoms with van der Waals surface area (Å²) < 4.78 is 0. The summed E-state index contributed by atoms with van der Waals surface area (Å²) in [5.41, 5.74) is 2.63. The number of rotatable bonds is 13. The molecule has 0 fully saturated rings. The Hall–Kier alpha value is -0.820. The van der Waals surface area contributed by atoms with Gasteiger partial charge < -0.3 is 10.2 Å². The molecular weight excluding hydrogens is 304 g/mol. The number of β-amino-alcohol motifs (C(OH)–C–C–N with tert-alkyl or cyclic N) is 2. The molecule has 0 atom stereocenters. The first-order valence-corrected chi connectivity index (χ1v) is 9.52. The van der Waals surface area contributed by atoms with E-state index in [2.05, 4.69) is 19.8 Å². The summed E-state index contributed by atoms with van der Waals surface area (Å²) in [6, 6.07) is 0. The summed E-state index contributed by atoms with van der Waals surface area (Å²) in [7, 11) is 0. The van der Waals surface area contributed by atoms with Crippen LogP contribution in [-0.4, -0.2) is 84.2 Å². The number of aliphatic imine (C=N–C) groups is 2. The summed E-state index contributed by atoms with van der Waals surface area (Å²) in [6.07, 6.45) is 9.96. The van der Waals surface area contributed by atoms with Gasteiger partial charge in [-0.15, -0.1) is 0 Å². The highest BCUT2D eigenvalue weighted by molar-refractivity contribution is 5.88. The lowest BCUT2D eigenvalue weighted by molar-refractivity contribution is 0.222. The second kappa shape index (κ2) is 11.7. The minimum Gasteiger partial charge on any atom is -0.395 e. The zero-order valence-corrected chi connectivity index (χ0v) is 15.0. The molecule has 0 aromatic rings. The number of unbranched alkanes of at least 4 members (excludes halogenated alkanes) is 5. The lowest BCUT2D eigenvalue weighted by atomic mass is 10.1. The van der Waals surface area contributed by atoms with E-state index >= 15 is 0 Å². The topological polar surface area (TPSA) is 71.7 Å². The van der Waals surface area contributed by atoms with Gasteiger partial charge >= 0.3 is 0 Å². The van der Waals surface area contributed by atoms with E-state index in [4.69, 9.17) is 10.2 Å². The number of hydrogen-bond donors (Lipinski definition) is 2. The number of aliphatic hydroxyl groups excluding tert-OH is 2. The van der Waals surface area contributed by atoms with Gasteiger partial charge in [-0.2, -0.15) is 0 Å². The van der Waals surface area contributed by atoms with Gasteiger partial charge in [-0.05, 0) is 25.7 Å². The maximum absolute atomic E-state index is 8.92. The van der Waals surface area contributed by atoms with Crippen molar-refractivity contribution in [2.45, 2.75) is 51.4 Å². The average Bonchev–Trinajstić information content (AvgIpc) is 3.20. The zero-order chi connectivity index (χ0) is 17.0. The van der Waals surface area contributed by atoms with Crippen LogP contribution in [0.1, 0.15) is 51.4 Å². The monoisotopic (exact) mass is 338 g/mol. The molecule has 6 nitrogen and oxygen atoms in total. The third kappa shape index (κ3) is 7.38. The Morgan fingerprint density at radius 1 is 0.667 bits per heavy atom. The summed E-state index contributed by atoms with van der Waals surface area (Å²) >= 11 is 0. The van der Waals surface area contributed by atoms with Gasteiger partial charge in [0.1, 0.15) is 0 Å². The molecule has 2 heterocycles. The maximum Gasteiger partial charge on any atom is 0.0913 e. The molecule has 24 heavy (non-hydrogen) atoms. The van der Waals surface area contributed by atoms with Crippen LogP contribution in [0.5, 0.6) is 0 Å². The molecule has 2 rings (SSSR count). The minimum atomic E-state index is 0.231. The van der Waals surface area contributed by atoms with Crippen LogP contribution in [0.25, 0.3) is 0 Å². The van der Waals surface area contributed by atoms with Crippen molar-refractivity contribution in [3.05, 3.63) is 0 Å². The van der Waals surface area contributed by atoms with Gasteiger partial charge in [-0.3, -0.25) is 19.8 Å². The molecule has 2 N–H and O–H groups in total. The van der Waals surface area contributed by atoms with Gasteiger partial charge in [-0.25, -0.2) is 0 Å². The van der Waals surface area contributed by atoms with Gasteiger partial charge in [0, 0.05) is 37.6 Å². The SMILES string of the molecule is OCCN1CN=C(CCCCCCCCC2=NCN(CCO)C2)C1. The van der Waals surface area contributed by atoms with Gasteiger partial charge in [0.05, 0.1) is 26.6 Å². The zero-order valence-electron chi connectivity index (χ0n) is 15.0. The van der Waals surface area contributed by atoms with E-state index in [9.17, 15) is 0 Å². The molecule has 0 saturated carbocycles. The predicted molar refractivity (Wildman–Crippen MR) is 98.9 cm³/mol. The van der Waals surface area contributed by atoms with E-state index in [1.165, 1.54) is 49.9 Å². The summed E-state index contributed by atoms with van der Waals surface area (Å²) in [5.74, 6) is 0. The lowest BCUT2D eigenvalue weighted by Gasteiger charge is -2.11. The summed E-state index contributed by atoms with van der Waals surface area (Å²) in [4.78, 5) is 13.5. The number of hydrogen-bond acceptors (Lipinski definition) is 6. The van der Waals surface area contributed by atoms with Gasteiger partial charge in [0.25, 0.3) is 0 Å². The van der Waals surface area contributed by atoms with Crippen LogP contribution >= 0.6 is 0 Å². The van der Waals surface area contributed by atoms with Gasteiger partial charge in [0.15, 0.2) is 0 Å². The first-order chi connectivity index (χ1) is 11.8. The van der Waals surface area contributed by atoms with E-state index in [1.54, 1.807) is 0 Å². The van der Waals surface area contributed by atoms with Crippen molar-refractivity contribution in [2.24, 2.45) is 9.98 Å². The quantitative estimate of drug-likeness (QED) is 0.500. The van der Waals surface area contributed by atoms with Crippen molar-refractivity contribution in [1.82, 2.24) is 9.80 Å². The second-order valence-corrected chi connectivity index (χ2v) is 6.91. The van der Waals surface area contributed by atoms with Crippen molar-refractivity contribution < 1.29 is 10.2 Å². The third-order valence-electron chi connectivity index (χ3n) is 4.81. The van der Waals surface area contributed by atoms with E-state index in [0.29, 0.717) is 0 Å². The lowest BCUT2D eigenvalue weighted by Crippen LogP contribution is -2.26. The fourth-order valence-corrected chi connectivity index (χ4v) is 3.38. The van der Waals surface area contributed by atoms with Crippen molar-refractivity contribution >= 4 is 11.4 Å². The van der Waals surface area contributed by atoms with E-state index in [-0.39, 0.29) is 13.2 Å². The second-order valence-electron chi connectivity index (χ2n) is 6.91. The van der Waals surface area contributed by atoms with Crippen LogP contribution in [-0.2, 0) is 0 Å². The Labute approximate surface area is 146 Å². The average molecular weight is 338 g/mol. The largest absolute Gasteiger partial charge is 0.395 e. The van der Waals surface area contributed by atoms with Crippen LogP contribution in [0.4, 0.5) is 0 Å². The molecule has 0 aromatic heterocycles. The molecule has 0 saturated heterocycles. The van der Waals surface area contributed by atoms with Gasteiger partial charge in [0.2, 0.25) is 0 Å². The first kappa shape index (κ1) is 19.5. The highest BCUT2D eigenvalue weighted by Gasteiger charge is 2.15. The molecule has 0 spiro atoms. The molecule has 0 aliphatic carbocycles. The summed E-state index contributed by atoms with van der Waals surface area (Å²) in [6.45, 7) is 5.41. The standard InChI is InChI=1S/C18H34N4O2/c23-11-9-21-13-17(19-15-21)7-5-3-1-2-4-6-8-18-14-22(10-12-24)16-20-18/h23-24H,1-16H2. The Kier molecular flexibility index (Phi) is 9.50. The van der Waals surface area contributed by atoms with Crippen LogP contribution < -0.4 is 0 Å². The van der Waals surface area contributed by atoms with Crippen LogP contribution in [0.15, 0.2) is 9.98 Å². The van der Waals surface area contributed by atoms with E-state index < -0.39 is 0 Å². The highest BCUT2D eigenvalue weighted by Crippen LogP contribution is 2.13. The fourth-order valence-electron chi connectivity index (χ4n) is 3.38. The third-order valence-corrected chi connectivity index (χ3v) is 4.81. The molecule has 2 aliphatic heterocycles. The van der Waals surface area contributed by atoms with E-state index in [1.807, 2.05) is 0 Å². The molecule has 0 aromatic carbocycles. The normalized spacial score (nSPS) is 19.1. The Balaban J connectivity index is 1.38. The molecule has 0 radical (unpaired) electrons. The first-order valence-electron chi connectivity index (χ1n) is 9.52. The number of nitrogens with zero attached hydrogens (tertiary/aromatic N) is 4. The van der Waals surface area contributed by atoms with Crippen molar-refractivity contribution in [2.75, 3.05) is 52.7 Å². The molecule has 2 aliphatic rings. The fraction of sp³-hybridized carbons (Fsp3) is 0.889. The van der Waals surface area contributed by atoms with Crippen LogP contribution in [0.2, 0.25) is 0 Å². The molecule has 0 unspecified atom stereocenters. The predicted octanol–water partition coefficient (Wildman–Crippen LogP) is 1.52. The molecular formula is C18H34N4O2. The van der Waals surface area contributed by atoms with Crippen molar-refractivity contribution in [3.63, 3.8) is 0 Å². The van der Waals surface area contributed by atoms with Crippen LogP contribution in [0, 0.1) is 0 Å². The molecule has 0 bridgehead atoms. The minimum absolute atomic E-state index is 0.231. The maximum atomic E-state index is 8.92. The van der Waals surface area contributed by atoms with Crippen molar-refractivity contribution in [1.29, 1.82) is 0 Å². The number of aliphatic hydroxyl groups is 2. The smallest absolute Gasteiger partial charge is 0.0913 e. The Bertz CT molecular complexity index is 374. The molecule has 138 valence electrons. The van der Waals surface area contributed by atoms with E-state index in [0.717, 1.165) is 52.4 Å². The Morgan fingerprint density at radius 3 is 1.50 bits per heavy atom. The van der Waals surface area contributed by atoms with Gasteiger partial charge in [-0.1, -0.05) is 25.7 Å². The summed E-state index contributed by atoms with van der Waals surface area (Å²) in [5, 5.41) is 17.8. The highest BCUT2D eigenvalue weighted by atomic mass is 16.3. The van der Waals surface area contributed by atoms with Crippen LogP contribution in [0.3, 0.4) is 0 Å². The Morgan fingerprint density at radius 2 is 1.08 bits per heavy atom. The van der Waals surface area contributed by atoms with Crippen molar-refractivity contribution in [3.8, 4) is 0 Å². The molecule has 6 heteroatoms. The molecule has 0 amide bonds.